The molecule has 5 nitrogen and oxygen atoms in total. The van der Waals surface area contributed by atoms with Gasteiger partial charge in [-0.15, -0.1) is 0 Å². The number of benzene rings is 2. The summed E-state index contributed by atoms with van der Waals surface area (Å²) in [7, 11) is 0. The van der Waals surface area contributed by atoms with Crippen molar-refractivity contribution in [2.45, 2.75) is 13.3 Å². The Kier molecular flexibility index (Phi) is 4.12. The van der Waals surface area contributed by atoms with Crippen LogP contribution >= 0.6 is 0 Å². The third kappa shape index (κ3) is 2.89. The lowest BCUT2D eigenvalue weighted by Gasteiger charge is -2.18. The second kappa shape index (κ2) is 6.69. The van der Waals surface area contributed by atoms with Crippen LogP contribution in [0.4, 0.5) is 5.69 Å². The van der Waals surface area contributed by atoms with E-state index in [0.29, 0.717) is 17.0 Å². The Morgan fingerprint density at radius 3 is 2.31 bits per heavy atom. The summed E-state index contributed by atoms with van der Waals surface area (Å²) in [5.74, 6) is -0.0107. The molecule has 0 N–H and O–H groups in total. The van der Waals surface area contributed by atoms with Gasteiger partial charge in [0.05, 0.1) is 17.5 Å². The first-order valence-corrected chi connectivity index (χ1v) is 9.92. The van der Waals surface area contributed by atoms with Crippen molar-refractivity contribution in [2.75, 3.05) is 11.5 Å². The number of anilines is 1. The molecular formula is C24H21NO4. The number of aryl methyl sites for hydroxylation is 1. The maximum Gasteiger partial charge on any atom is 0.238 e. The largest absolute Gasteiger partial charge is 0.485 e. The highest BCUT2D eigenvalue weighted by Gasteiger charge is 2.59. The zero-order valence-corrected chi connectivity index (χ0v) is 16.1. The van der Waals surface area contributed by atoms with E-state index in [-0.39, 0.29) is 47.9 Å². The molecule has 4 atom stereocenters. The van der Waals surface area contributed by atoms with Crippen molar-refractivity contribution in [2.24, 2.45) is 23.7 Å². The summed E-state index contributed by atoms with van der Waals surface area (Å²) < 4.78 is 5.66. The van der Waals surface area contributed by atoms with Gasteiger partial charge in [-0.25, -0.2) is 4.90 Å². The minimum atomic E-state index is -0.231. The number of ether oxygens (including phenoxy) is 1. The SMILES string of the molecule is Cc1ccc(C(=O)COc2cccc(N3C(=O)[C@H]4[C@H](C3=O)[C@H]3C=C[C@H]4C3)c2)cc1. The average Bonchev–Trinajstić information content (AvgIpc) is 3.41. The van der Waals surface area contributed by atoms with E-state index in [1.807, 2.05) is 19.1 Å². The average molecular weight is 387 g/mol. The summed E-state index contributed by atoms with van der Waals surface area (Å²) in [6, 6.07) is 14.2. The van der Waals surface area contributed by atoms with E-state index < -0.39 is 0 Å². The van der Waals surface area contributed by atoms with Gasteiger partial charge < -0.3 is 4.74 Å². The molecule has 0 radical (unpaired) electrons. The fourth-order valence-corrected chi connectivity index (χ4v) is 4.84. The summed E-state index contributed by atoms with van der Waals surface area (Å²) in [4.78, 5) is 39.5. The summed E-state index contributed by atoms with van der Waals surface area (Å²) in [5.41, 5.74) is 2.19. The predicted molar refractivity (Wildman–Crippen MR) is 108 cm³/mol. The van der Waals surface area contributed by atoms with Gasteiger partial charge in [-0.1, -0.05) is 48.0 Å². The van der Waals surface area contributed by atoms with E-state index in [1.54, 1.807) is 36.4 Å². The maximum atomic E-state index is 13.0. The van der Waals surface area contributed by atoms with E-state index in [2.05, 4.69) is 12.2 Å². The molecule has 1 aliphatic heterocycles. The number of rotatable bonds is 5. The Morgan fingerprint density at radius 1 is 1.00 bits per heavy atom. The smallest absolute Gasteiger partial charge is 0.238 e. The van der Waals surface area contributed by atoms with Gasteiger partial charge in [0.25, 0.3) is 0 Å². The fourth-order valence-electron chi connectivity index (χ4n) is 4.84. The van der Waals surface area contributed by atoms with E-state index in [1.165, 1.54) is 4.90 Å². The number of amides is 2. The van der Waals surface area contributed by atoms with Crippen LogP contribution in [0.1, 0.15) is 22.3 Å². The quantitative estimate of drug-likeness (QED) is 0.447. The van der Waals surface area contributed by atoms with Gasteiger partial charge >= 0.3 is 0 Å². The van der Waals surface area contributed by atoms with Gasteiger partial charge in [-0.2, -0.15) is 0 Å². The number of nitrogens with zero attached hydrogens (tertiary/aromatic N) is 1. The van der Waals surface area contributed by atoms with Crippen molar-refractivity contribution < 1.29 is 19.1 Å². The zero-order valence-electron chi connectivity index (χ0n) is 16.1. The molecule has 2 amide bonds. The first-order valence-electron chi connectivity index (χ1n) is 9.92. The van der Waals surface area contributed by atoms with Gasteiger partial charge in [0.15, 0.2) is 12.4 Å². The Labute approximate surface area is 169 Å². The van der Waals surface area contributed by atoms with E-state index in [9.17, 15) is 14.4 Å². The van der Waals surface area contributed by atoms with Crippen LogP contribution in [0.3, 0.4) is 0 Å². The lowest BCUT2D eigenvalue weighted by molar-refractivity contribution is -0.123. The molecule has 2 aromatic carbocycles. The number of Topliss-reactive ketones (excluding diaryl/α,β-unsaturated/α-hetero) is 1. The number of hydrogen-bond acceptors (Lipinski definition) is 4. The fraction of sp³-hybridized carbons (Fsp3) is 0.292. The number of carbonyl (C=O) groups is 3. The number of hydrogen-bond donors (Lipinski definition) is 0. The third-order valence-corrected chi connectivity index (χ3v) is 6.29. The Balaban J connectivity index is 1.31. The van der Waals surface area contributed by atoms with Gasteiger partial charge in [0, 0.05) is 11.6 Å². The van der Waals surface area contributed by atoms with Crippen molar-refractivity contribution in [3.8, 4) is 5.75 Å². The molecule has 0 spiro atoms. The molecule has 0 unspecified atom stereocenters. The highest BCUT2D eigenvalue weighted by atomic mass is 16.5. The van der Waals surface area contributed by atoms with Crippen LogP contribution in [0.25, 0.3) is 0 Å². The van der Waals surface area contributed by atoms with Crippen molar-refractivity contribution in [3.05, 3.63) is 71.8 Å². The second-order valence-electron chi connectivity index (χ2n) is 8.09. The summed E-state index contributed by atoms with van der Waals surface area (Å²) in [5, 5.41) is 0. The number of allylic oxidation sites excluding steroid dienone is 2. The first kappa shape index (κ1) is 17.9. The van der Waals surface area contributed by atoms with Crippen molar-refractivity contribution in [1.29, 1.82) is 0 Å². The van der Waals surface area contributed by atoms with Gasteiger partial charge in [-0.3, -0.25) is 14.4 Å². The van der Waals surface area contributed by atoms with E-state index >= 15 is 0 Å². The minimum absolute atomic E-state index is 0.103. The molecule has 0 aromatic heterocycles. The Hall–Kier alpha value is -3.21. The van der Waals surface area contributed by atoms with Gasteiger partial charge in [0.2, 0.25) is 11.8 Å². The van der Waals surface area contributed by atoms with Crippen LogP contribution < -0.4 is 9.64 Å². The Morgan fingerprint density at radius 2 is 1.66 bits per heavy atom. The number of ketones is 1. The molecule has 2 aromatic rings. The van der Waals surface area contributed by atoms with E-state index in [0.717, 1.165) is 12.0 Å². The molecule has 2 bridgehead atoms. The lowest BCUT2D eigenvalue weighted by atomic mass is 9.85. The highest BCUT2D eigenvalue weighted by molar-refractivity contribution is 6.22. The van der Waals surface area contributed by atoms with Crippen LogP contribution in [0.15, 0.2) is 60.7 Å². The summed E-state index contributed by atoms with van der Waals surface area (Å²) >= 11 is 0. The predicted octanol–water partition coefficient (Wildman–Crippen LogP) is 3.57. The monoisotopic (exact) mass is 387 g/mol. The topological polar surface area (TPSA) is 63.7 Å². The standard InChI is InChI=1S/C24H21NO4/c1-14-5-7-15(8-6-14)20(26)13-29-19-4-2-3-18(12-19)25-23(27)21-16-9-10-17(11-16)22(21)24(25)28/h2-10,12,16-17,21-22H,11,13H2,1H3/t16-,17-,21+,22+/m0/s1. The number of imide groups is 1. The van der Waals surface area contributed by atoms with Crippen molar-refractivity contribution in [1.82, 2.24) is 0 Å². The molecule has 146 valence electrons. The molecule has 5 heteroatoms. The Bertz CT molecular complexity index is 1010. The van der Waals surface area contributed by atoms with Crippen LogP contribution in [0.5, 0.6) is 5.75 Å². The van der Waals surface area contributed by atoms with Crippen LogP contribution in [-0.4, -0.2) is 24.2 Å². The lowest BCUT2D eigenvalue weighted by Crippen LogP contribution is -2.32. The summed E-state index contributed by atoms with van der Waals surface area (Å²) in [6.07, 6.45) is 5.07. The molecule has 2 aliphatic carbocycles. The highest BCUT2D eigenvalue weighted by Crippen LogP contribution is 2.53. The van der Waals surface area contributed by atoms with Gasteiger partial charge in [-0.05, 0) is 37.3 Å². The first-order chi connectivity index (χ1) is 14.0. The molecule has 1 saturated carbocycles. The normalized spacial score (nSPS) is 26.9. The number of carbonyl (C=O) groups excluding carboxylic acids is 3. The third-order valence-electron chi connectivity index (χ3n) is 6.29. The molecule has 1 heterocycles. The van der Waals surface area contributed by atoms with Crippen LogP contribution in [0.2, 0.25) is 0 Å². The molecular weight excluding hydrogens is 366 g/mol. The minimum Gasteiger partial charge on any atom is -0.485 e. The maximum absolute atomic E-state index is 13.0. The zero-order chi connectivity index (χ0) is 20.1. The van der Waals surface area contributed by atoms with Crippen LogP contribution in [-0.2, 0) is 9.59 Å². The molecule has 3 aliphatic rings. The molecule has 1 saturated heterocycles. The molecule has 2 fully saturated rings. The van der Waals surface area contributed by atoms with E-state index in [4.69, 9.17) is 4.74 Å². The second-order valence-corrected chi connectivity index (χ2v) is 8.09. The summed E-state index contributed by atoms with van der Waals surface area (Å²) in [6.45, 7) is 1.86. The molecule has 5 rings (SSSR count). The van der Waals surface area contributed by atoms with Crippen molar-refractivity contribution >= 4 is 23.3 Å². The van der Waals surface area contributed by atoms with Crippen LogP contribution in [0, 0.1) is 30.6 Å². The van der Waals surface area contributed by atoms with Crippen molar-refractivity contribution in [3.63, 3.8) is 0 Å². The van der Waals surface area contributed by atoms with Gasteiger partial charge in [0.1, 0.15) is 5.75 Å². The number of fused-ring (bicyclic) bond motifs is 5. The molecule has 29 heavy (non-hydrogen) atoms.